The number of carboxylic acids is 1. The van der Waals surface area contributed by atoms with Gasteiger partial charge in [0.1, 0.15) is 12.1 Å². The van der Waals surface area contributed by atoms with E-state index in [9.17, 15) is 4.79 Å². The molecule has 144 valence electrons. The van der Waals surface area contributed by atoms with Crippen LogP contribution in [0.25, 0.3) is 0 Å². The molecule has 2 aromatic rings. The maximum absolute atomic E-state index is 11.1. The number of nitrogens with zero attached hydrogens (tertiary/aromatic N) is 3. The van der Waals surface area contributed by atoms with Gasteiger partial charge in [0, 0.05) is 24.6 Å². The molecule has 0 unspecified atom stereocenters. The maximum atomic E-state index is 11.1. The number of pyridine rings is 1. The van der Waals surface area contributed by atoms with Gasteiger partial charge in [-0.1, -0.05) is 25.3 Å². The lowest BCUT2D eigenvalue weighted by Gasteiger charge is -2.14. The quantitative estimate of drug-likeness (QED) is 0.618. The fourth-order valence-electron chi connectivity index (χ4n) is 3.78. The van der Waals surface area contributed by atoms with E-state index in [1.165, 1.54) is 23.1 Å². The van der Waals surface area contributed by atoms with Gasteiger partial charge < -0.3 is 10.4 Å². The van der Waals surface area contributed by atoms with Crippen molar-refractivity contribution in [3.8, 4) is 0 Å². The van der Waals surface area contributed by atoms with Crippen LogP contribution in [-0.2, 0) is 17.6 Å². The zero-order valence-electron chi connectivity index (χ0n) is 15.9. The number of hydrogen-bond acceptors (Lipinski definition) is 5. The molecule has 0 radical (unpaired) electrons. The number of hydrogen-bond donors (Lipinski definition) is 2. The average Bonchev–Trinajstić information content (AvgIpc) is 3.11. The first kappa shape index (κ1) is 19.3. The largest absolute Gasteiger partial charge is 0.481 e. The molecule has 1 atom stereocenters. The van der Waals surface area contributed by atoms with E-state index < -0.39 is 5.97 Å². The molecule has 3 rings (SSSR count). The molecule has 27 heavy (non-hydrogen) atoms. The summed E-state index contributed by atoms with van der Waals surface area (Å²) in [6.45, 7) is 3.15. The van der Waals surface area contributed by atoms with E-state index in [1.807, 2.05) is 0 Å². The van der Waals surface area contributed by atoms with Crippen LogP contribution in [0.2, 0.25) is 0 Å². The molecule has 0 bridgehead atoms. The molecule has 0 aromatic carbocycles. The predicted molar refractivity (Wildman–Crippen MR) is 105 cm³/mol. The zero-order valence-corrected chi connectivity index (χ0v) is 15.9. The van der Waals surface area contributed by atoms with E-state index in [-0.39, 0.29) is 12.3 Å². The smallest absolute Gasteiger partial charge is 0.303 e. The summed E-state index contributed by atoms with van der Waals surface area (Å²) in [5.74, 6) is 0.295. The number of aliphatic carboxylic acids is 1. The Bertz CT molecular complexity index is 764. The molecule has 3 heterocycles. The van der Waals surface area contributed by atoms with Crippen LogP contribution >= 0.6 is 0 Å². The number of aromatic nitrogens is 3. The lowest BCUT2D eigenvalue weighted by atomic mass is 9.92. The molecule has 2 aromatic heterocycles. The van der Waals surface area contributed by atoms with Crippen LogP contribution < -0.4 is 5.32 Å². The molecule has 0 spiro atoms. The van der Waals surface area contributed by atoms with Gasteiger partial charge in [0.05, 0.1) is 6.42 Å². The highest BCUT2D eigenvalue weighted by Gasteiger charge is 2.16. The number of rotatable bonds is 10. The first-order chi connectivity index (χ1) is 13.1. The first-order valence-electron chi connectivity index (χ1n) is 9.83. The van der Waals surface area contributed by atoms with Gasteiger partial charge in [-0.3, -0.25) is 4.79 Å². The Morgan fingerprint density at radius 3 is 2.78 bits per heavy atom. The Hall–Kier alpha value is -2.50. The lowest BCUT2D eigenvalue weighted by molar-refractivity contribution is -0.137. The Balaban J connectivity index is 1.41. The summed E-state index contributed by atoms with van der Waals surface area (Å²) in [5.41, 5.74) is 4.76. The van der Waals surface area contributed by atoms with E-state index in [0.717, 1.165) is 62.9 Å². The Labute approximate surface area is 160 Å². The fourth-order valence-corrected chi connectivity index (χ4v) is 3.78. The van der Waals surface area contributed by atoms with Crippen LogP contribution in [0, 0.1) is 6.92 Å². The number of carbonyl (C=O) groups is 1. The average molecular weight is 368 g/mol. The Morgan fingerprint density at radius 2 is 2.00 bits per heavy atom. The molecule has 6 heteroatoms. The van der Waals surface area contributed by atoms with E-state index in [2.05, 4.69) is 28.3 Å². The van der Waals surface area contributed by atoms with E-state index in [4.69, 9.17) is 10.1 Å². The van der Waals surface area contributed by atoms with Gasteiger partial charge in [-0.05, 0) is 55.2 Å². The molecule has 0 amide bonds. The SMILES string of the molecule is Cc1cc2c(nc1CCCCCC[C@@H](CC(=O)O)c1cncnc1)NCC2. The van der Waals surface area contributed by atoms with Crippen molar-refractivity contribution in [1.29, 1.82) is 0 Å². The normalized spacial score (nSPS) is 13.8. The van der Waals surface area contributed by atoms with Gasteiger partial charge >= 0.3 is 5.97 Å². The first-order valence-corrected chi connectivity index (χ1v) is 9.83. The molecular weight excluding hydrogens is 340 g/mol. The van der Waals surface area contributed by atoms with Gasteiger partial charge in [-0.2, -0.15) is 0 Å². The number of aryl methyl sites for hydroxylation is 2. The minimum atomic E-state index is -0.768. The van der Waals surface area contributed by atoms with Crippen molar-refractivity contribution in [3.63, 3.8) is 0 Å². The summed E-state index contributed by atoms with van der Waals surface area (Å²) in [5, 5.41) is 12.5. The monoisotopic (exact) mass is 368 g/mol. The lowest BCUT2D eigenvalue weighted by Crippen LogP contribution is -2.07. The van der Waals surface area contributed by atoms with Crippen molar-refractivity contribution in [2.24, 2.45) is 0 Å². The van der Waals surface area contributed by atoms with Crippen molar-refractivity contribution < 1.29 is 9.90 Å². The minimum absolute atomic E-state index is 0.00426. The van der Waals surface area contributed by atoms with Gasteiger partial charge in [-0.15, -0.1) is 0 Å². The second-order valence-electron chi connectivity index (χ2n) is 7.36. The maximum Gasteiger partial charge on any atom is 0.303 e. The van der Waals surface area contributed by atoms with Gasteiger partial charge in [0.2, 0.25) is 0 Å². The summed E-state index contributed by atoms with van der Waals surface area (Å²) in [7, 11) is 0. The standard InChI is InChI=1S/C21H28N4O2/c1-15-10-17-8-9-24-21(17)25-19(15)7-5-3-2-4-6-16(11-20(26)27)18-12-22-14-23-13-18/h10,12-14,16H,2-9,11H2,1H3,(H,24,25)(H,26,27)/t16-/m0/s1. The zero-order chi connectivity index (χ0) is 19.1. The Kier molecular flexibility index (Phi) is 6.74. The van der Waals surface area contributed by atoms with Crippen LogP contribution in [0.15, 0.2) is 24.8 Å². The van der Waals surface area contributed by atoms with E-state index >= 15 is 0 Å². The molecular formula is C21H28N4O2. The number of anilines is 1. The summed E-state index contributed by atoms with van der Waals surface area (Å²) in [6, 6.07) is 2.27. The summed E-state index contributed by atoms with van der Waals surface area (Å²) < 4.78 is 0. The molecule has 0 aliphatic carbocycles. The number of unbranched alkanes of at least 4 members (excludes halogenated alkanes) is 3. The number of nitrogens with one attached hydrogen (secondary N) is 1. The molecule has 0 saturated heterocycles. The summed E-state index contributed by atoms with van der Waals surface area (Å²) in [4.78, 5) is 24.0. The second kappa shape index (κ2) is 9.44. The van der Waals surface area contributed by atoms with Crippen molar-refractivity contribution in [1.82, 2.24) is 15.0 Å². The highest BCUT2D eigenvalue weighted by molar-refractivity contribution is 5.68. The van der Waals surface area contributed by atoms with Crippen molar-refractivity contribution in [3.05, 3.63) is 47.2 Å². The summed E-state index contributed by atoms with van der Waals surface area (Å²) >= 11 is 0. The molecule has 0 fully saturated rings. The molecule has 6 nitrogen and oxygen atoms in total. The van der Waals surface area contributed by atoms with Crippen LogP contribution in [0.4, 0.5) is 5.82 Å². The van der Waals surface area contributed by atoms with Crippen molar-refractivity contribution >= 4 is 11.8 Å². The van der Waals surface area contributed by atoms with Gasteiger partial charge in [0.15, 0.2) is 0 Å². The van der Waals surface area contributed by atoms with Gasteiger partial charge in [0.25, 0.3) is 0 Å². The molecule has 0 saturated carbocycles. The summed E-state index contributed by atoms with van der Waals surface area (Å²) in [6.07, 6.45) is 12.4. The molecule has 2 N–H and O–H groups in total. The van der Waals surface area contributed by atoms with E-state index in [1.54, 1.807) is 12.4 Å². The topological polar surface area (TPSA) is 88.0 Å². The van der Waals surface area contributed by atoms with Gasteiger partial charge in [-0.25, -0.2) is 15.0 Å². The van der Waals surface area contributed by atoms with Crippen LogP contribution in [0.3, 0.4) is 0 Å². The fraction of sp³-hybridized carbons (Fsp3) is 0.524. The molecule has 1 aliphatic rings. The molecule has 1 aliphatic heterocycles. The van der Waals surface area contributed by atoms with Crippen LogP contribution in [0.5, 0.6) is 0 Å². The third-order valence-corrected chi connectivity index (χ3v) is 5.27. The Morgan fingerprint density at radius 1 is 1.22 bits per heavy atom. The van der Waals surface area contributed by atoms with Crippen LogP contribution in [0.1, 0.15) is 66.8 Å². The van der Waals surface area contributed by atoms with Crippen LogP contribution in [-0.4, -0.2) is 32.6 Å². The van der Waals surface area contributed by atoms with Crippen molar-refractivity contribution in [2.75, 3.05) is 11.9 Å². The number of fused-ring (bicyclic) bond motifs is 1. The second-order valence-corrected chi connectivity index (χ2v) is 7.36. The van der Waals surface area contributed by atoms with E-state index in [0.29, 0.717) is 0 Å². The predicted octanol–water partition coefficient (Wildman–Crippen LogP) is 3.90. The number of carboxylic acid groups (broad SMARTS) is 1. The third kappa shape index (κ3) is 5.49. The highest BCUT2D eigenvalue weighted by atomic mass is 16.4. The van der Waals surface area contributed by atoms with Crippen molar-refractivity contribution in [2.45, 2.75) is 64.2 Å². The third-order valence-electron chi connectivity index (χ3n) is 5.27. The minimum Gasteiger partial charge on any atom is -0.481 e. The highest BCUT2D eigenvalue weighted by Crippen LogP contribution is 2.26.